The molecule has 0 unspecified atom stereocenters. The van der Waals surface area contributed by atoms with Crippen molar-refractivity contribution < 1.29 is 8.42 Å². The van der Waals surface area contributed by atoms with Crippen molar-refractivity contribution in [1.29, 1.82) is 0 Å². The molecule has 2 rings (SSSR count). The van der Waals surface area contributed by atoms with Gasteiger partial charge in [0, 0.05) is 10.7 Å². The van der Waals surface area contributed by atoms with Crippen LogP contribution in [0, 0.1) is 6.92 Å². The summed E-state index contributed by atoms with van der Waals surface area (Å²) in [6, 6.07) is 11.3. The summed E-state index contributed by atoms with van der Waals surface area (Å²) in [6.45, 7) is 1.92. The van der Waals surface area contributed by atoms with Crippen LogP contribution in [0.15, 0.2) is 47.4 Å². The molecule has 0 aliphatic heterocycles. The molecular formula is C13H13ClN2O2S. The van der Waals surface area contributed by atoms with E-state index >= 15 is 0 Å². The maximum absolute atomic E-state index is 12.2. The summed E-state index contributed by atoms with van der Waals surface area (Å²) >= 11 is 5.80. The fraction of sp³-hybridized carbons (Fsp3) is 0.0769. The molecule has 0 amide bonds. The minimum atomic E-state index is -3.74. The minimum Gasteiger partial charge on any atom is -0.398 e. The van der Waals surface area contributed by atoms with Crippen LogP contribution in [0.25, 0.3) is 0 Å². The number of hydrogen-bond acceptors (Lipinski definition) is 3. The molecule has 100 valence electrons. The smallest absolute Gasteiger partial charge is 0.263 e. The lowest BCUT2D eigenvalue weighted by Gasteiger charge is -2.10. The molecule has 0 aliphatic carbocycles. The largest absolute Gasteiger partial charge is 0.398 e. The number of aryl methyl sites for hydroxylation is 1. The highest BCUT2D eigenvalue weighted by Gasteiger charge is 2.17. The first-order chi connectivity index (χ1) is 8.88. The van der Waals surface area contributed by atoms with E-state index in [1.54, 1.807) is 18.2 Å². The summed E-state index contributed by atoms with van der Waals surface area (Å²) in [5.41, 5.74) is 7.36. The van der Waals surface area contributed by atoms with Crippen molar-refractivity contribution in [3.8, 4) is 0 Å². The van der Waals surface area contributed by atoms with Gasteiger partial charge < -0.3 is 5.73 Å². The fourth-order valence-corrected chi connectivity index (χ4v) is 3.03. The third-order valence-electron chi connectivity index (χ3n) is 2.57. The van der Waals surface area contributed by atoms with E-state index in [4.69, 9.17) is 17.3 Å². The topological polar surface area (TPSA) is 72.2 Å². The Morgan fingerprint density at radius 3 is 2.37 bits per heavy atom. The lowest BCUT2D eigenvalue weighted by molar-refractivity contribution is 0.601. The fourth-order valence-electron chi connectivity index (χ4n) is 1.57. The van der Waals surface area contributed by atoms with Crippen LogP contribution in [0.1, 0.15) is 5.56 Å². The first-order valence-electron chi connectivity index (χ1n) is 5.53. The minimum absolute atomic E-state index is 0.0272. The molecule has 0 bridgehead atoms. The molecule has 2 aromatic rings. The Morgan fingerprint density at radius 2 is 1.74 bits per heavy atom. The first-order valence-corrected chi connectivity index (χ1v) is 7.39. The van der Waals surface area contributed by atoms with Gasteiger partial charge in [-0.3, -0.25) is 4.72 Å². The lowest BCUT2D eigenvalue weighted by Crippen LogP contribution is -2.14. The summed E-state index contributed by atoms with van der Waals surface area (Å²) < 4.78 is 26.9. The van der Waals surface area contributed by atoms with Gasteiger partial charge in [0.25, 0.3) is 10.0 Å². The number of nitrogens with two attached hydrogens (primary N) is 1. The maximum atomic E-state index is 12.2. The first kappa shape index (κ1) is 13.7. The Morgan fingerprint density at radius 1 is 1.11 bits per heavy atom. The van der Waals surface area contributed by atoms with Crippen LogP contribution >= 0.6 is 11.6 Å². The third kappa shape index (κ3) is 3.19. The van der Waals surface area contributed by atoms with Crippen LogP contribution < -0.4 is 10.5 Å². The molecule has 0 spiro atoms. The second-order valence-corrected chi connectivity index (χ2v) is 6.24. The normalized spacial score (nSPS) is 11.3. The highest BCUT2D eigenvalue weighted by Crippen LogP contribution is 2.24. The van der Waals surface area contributed by atoms with E-state index in [0.717, 1.165) is 5.56 Å². The van der Waals surface area contributed by atoms with E-state index in [1.165, 1.54) is 12.1 Å². The molecule has 0 saturated heterocycles. The van der Waals surface area contributed by atoms with Gasteiger partial charge in [0.15, 0.2) is 0 Å². The van der Waals surface area contributed by atoms with E-state index in [9.17, 15) is 8.42 Å². The van der Waals surface area contributed by atoms with E-state index in [1.807, 2.05) is 19.1 Å². The second kappa shape index (κ2) is 5.11. The van der Waals surface area contributed by atoms with Crippen LogP contribution in [0.3, 0.4) is 0 Å². The third-order valence-corrected chi connectivity index (χ3v) is 4.24. The van der Waals surface area contributed by atoms with Crippen LogP contribution in [-0.4, -0.2) is 8.42 Å². The van der Waals surface area contributed by atoms with E-state index in [0.29, 0.717) is 10.7 Å². The van der Waals surface area contributed by atoms with Crippen molar-refractivity contribution in [2.24, 2.45) is 0 Å². The Bertz CT molecular complexity index is 697. The Kier molecular flexibility index (Phi) is 3.68. The quantitative estimate of drug-likeness (QED) is 0.855. The van der Waals surface area contributed by atoms with Gasteiger partial charge in [0.05, 0.1) is 5.69 Å². The van der Waals surface area contributed by atoms with Crippen molar-refractivity contribution >= 4 is 33.0 Å². The van der Waals surface area contributed by atoms with Crippen molar-refractivity contribution in [3.05, 3.63) is 53.1 Å². The number of rotatable bonds is 3. The van der Waals surface area contributed by atoms with Gasteiger partial charge in [-0.2, -0.15) is 0 Å². The molecule has 0 aliphatic rings. The average molecular weight is 297 g/mol. The maximum Gasteiger partial charge on any atom is 0.263 e. The molecule has 0 fully saturated rings. The van der Waals surface area contributed by atoms with Gasteiger partial charge in [0.1, 0.15) is 4.90 Å². The highest BCUT2D eigenvalue weighted by atomic mass is 35.5. The molecule has 2 aromatic carbocycles. The number of hydrogen-bond donors (Lipinski definition) is 2. The van der Waals surface area contributed by atoms with Crippen molar-refractivity contribution in [2.45, 2.75) is 11.8 Å². The van der Waals surface area contributed by atoms with Gasteiger partial charge in [-0.25, -0.2) is 8.42 Å². The summed E-state index contributed by atoms with van der Waals surface area (Å²) in [7, 11) is -3.74. The van der Waals surface area contributed by atoms with Gasteiger partial charge in [-0.05, 0) is 37.3 Å². The molecule has 3 N–H and O–H groups in total. The van der Waals surface area contributed by atoms with Gasteiger partial charge in [0.2, 0.25) is 0 Å². The van der Waals surface area contributed by atoms with Crippen LogP contribution in [0.5, 0.6) is 0 Å². The van der Waals surface area contributed by atoms with E-state index in [2.05, 4.69) is 4.72 Å². The number of nitrogens with one attached hydrogen (secondary N) is 1. The molecule has 0 radical (unpaired) electrons. The zero-order valence-electron chi connectivity index (χ0n) is 10.2. The predicted molar refractivity (Wildman–Crippen MR) is 77.9 cm³/mol. The molecule has 0 saturated carbocycles. The average Bonchev–Trinajstić information content (AvgIpc) is 2.35. The van der Waals surface area contributed by atoms with Gasteiger partial charge in [-0.15, -0.1) is 0 Å². The zero-order chi connectivity index (χ0) is 14.0. The molecule has 0 aromatic heterocycles. The highest BCUT2D eigenvalue weighted by molar-refractivity contribution is 7.92. The zero-order valence-corrected chi connectivity index (χ0v) is 11.8. The Hall–Kier alpha value is -1.72. The molecule has 6 heteroatoms. The van der Waals surface area contributed by atoms with Crippen molar-refractivity contribution in [2.75, 3.05) is 10.5 Å². The number of nitrogen functional groups attached to an aromatic ring is 1. The van der Waals surface area contributed by atoms with Crippen molar-refractivity contribution in [3.63, 3.8) is 0 Å². The number of benzene rings is 2. The molecule has 0 heterocycles. The summed E-state index contributed by atoms with van der Waals surface area (Å²) in [5.74, 6) is 0. The molecule has 4 nitrogen and oxygen atoms in total. The predicted octanol–water partition coefficient (Wildman–Crippen LogP) is 3.03. The Balaban J connectivity index is 2.37. The number of halogens is 1. The molecule has 19 heavy (non-hydrogen) atoms. The second-order valence-electron chi connectivity index (χ2n) is 4.15. The monoisotopic (exact) mass is 296 g/mol. The van der Waals surface area contributed by atoms with Gasteiger partial charge >= 0.3 is 0 Å². The summed E-state index contributed by atoms with van der Waals surface area (Å²) in [5, 5.41) is 0.318. The van der Waals surface area contributed by atoms with Crippen LogP contribution in [-0.2, 0) is 10.0 Å². The standard InChI is InChI=1S/C13H13ClN2O2S/c1-9-2-5-11(6-3-9)16-19(17,18)13-8-10(14)4-7-12(13)15/h2-8,16H,15H2,1H3. The van der Waals surface area contributed by atoms with Gasteiger partial charge in [-0.1, -0.05) is 29.3 Å². The summed E-state index contributed by atoms with van der Waals surface area (Å²) in [4.78, 5) is -0.0272. The van der Waals surface area contributed by atoms with Crippen LogP contribution in [0.2, 0.25) is 5.02 Å². The lowest BCUT2D eigenvalue weighted by atomic mass is 10.2. The van der Waals surface area contributed by atoms with Crippen molar-refractivity contribution in [1.82, 2.24) is 0 Å². The molecular weight excluding hydrogens is 284 g/mol. The molecule has 0 atom stereocenters. The SMILES string of the molecule is Cc1ccc(NS(=O)(=O)c2cc(Cl)ccc2N)cc1. The van der Waals surface area contributed by atoms with E-state index < -0.39 is 10.0 Å². The van der Waals surface area contributed by atoms with E-state index in [-0.39, 0.29) is 10.6 Å². The van der Waals surface area contributed by atoms with Crippen LogP contribution in [0.4, 0.5) is 11.4 Å². The number of anilines is 2. The summed E-state index contributed by atoms with van der Waals surface area (Å²) in [6.07, 6.45) is 0. The Labute approximate surface area is 117 Å². The number of sulfonamides is 1.